The number of hydrogen-bond acceptors (Lipinski definition) is 3. The molecule has 14 heavy (non-hydrogen) atoms. The van der Waals surface area contributed by atoms with Crippen molar-refractivity contribution < 1.29 is 9.59 Å². The monoisotopic (exact) mass is 216 g/mol. The van der Waals surface area contributed by atoms with Gasteiger partial charge in [0.2, 0.25) is 11.8 Å². The molecule has 0 spiro atoms. The number of primary amides is 1. The van der Waals surface area contributed by atoms with Gasteiger partial charge in [0.05, 0.1) is 5.75 Å². The smallest absolute Gasteiger partial charge is 0.227 e. The van der Waals surface area contributed by atoms with Gasteiger partial charge in [-0.15, -0.1) is 6.58 Å². The van der Waals surface area contributed by atoms with E-state index < -0.39 is 0 Å². The number of nitrogens with two attached hydrogens (primary N) is 1. The molecule has 0 aromatic rings. The van der Waals surface area contributed by atoms with Crippen molar-refractivity contribution in [3.63, 3.8) is 0 Å². The zero-order valence-corrected chi connectivity index (χ0v) is 8.94. The third kappa shape index (κ3) is 9.12. The zero-order chi connectivity index (χ0) is 10.8. The van der Waals surface area contributed by atoms with Crippen molar-refractivity contribution in [1.29, 1.82) is 0 Å². The fourth-order valence-electron chi connectivity index (χ4n) is 0.740. The van der Waals surface area contributed by atoms with Gasteiger partial charge in [-0.05, 0) is 6.42 Å². The van der Waals surface area contributed by atoms with Gasteiger partial charge in [0.15, 0.2) is 0 Å². The molecule has 0 unspecified atom stereocenters. The van der Waals surface area contributed by atoms with Crippen molar-refractivity contribution in [2.24, 2.45) is 5.73 Å². The van der Waals surface area contributed by atoms with E-state index in [1.165, 1.54) is 11.8 Å². The first-order valence-corrected chi connectivity index (χ1v) is 5.56. The maximum absolute atomic E-state index is 11.1. The lowest BCUT2D eigenvalue weighted by Gasteiger charge is -2.02. The van der Waals surface area contributed by atoms with Gasteiger partial charge in [0.25, 0.3) is 0 Å². The third-order valence-electron chi connectivity index (χ3n) is 1.39. The quantitative estimate of drug-likeness (QED) is 0.452. The van der Waals surface area contributed by atoms with Gasteiger partial charge in [0, 0.05) is 18.7 Å². The second-order valence-corrected chi connectivity index (χ2v) is 3.80. The number of carbonyl (C=O) groups is 2. The first-order valence-electron chi connectivity index (χ1n) is 4.40. The van der Waals surface area contributed by atoms with Gasteiger partial charge in [-0.1, -0.05) is 6.08 Å². The van der Waals surface area contributed by atoms with Crippen LogP contribution in [0.25, 0.3) is 0 Å². The molecule has 5 heteroatoms. The highest BCUT2D eigenvalue weighted by atomic mass is 32.2. The second kappa shape index (κ2) is 8.62. The zero-order valence-electron chi connectivity index (χ0n) is 8.12. The molecule has 0 fully saturated rings. The summed E-state index contributed by atoms with van der Waals surface area (Å²) in [6, 6.07) is 0. The van der Waals surface area contributed by atoms with Crippen LogP contribution in [0.15, 0.2) is 12.7 Å². The van der Waals surface area contributed by atoms with E-state index in [0.29, 0.717) is 18.7 Å². The lowest BCUT2D eigenvalue weighted by molar-refractivity contribution is -0.120. The number of hydrogen-bond donors (Lipinski definition) is 2. The van der Waals surface area contributed by atoms with Crippen LogP contribution in [0.5, 0.6) is 0 Å². The molecule has 0 aliphatic rings. The molecule has 0 radical (unpaired) electrons. The van der Waals surface area contributed by atoms with Crippen molar-refractivity contribution in [1.82, 2.24) is 5.32 Å². The minimum absolute atomic E-state index is 0.00354. The Bertz CT molecular complexity index is 207. The summed E-state index contributed by atoms with van der Waals surface area (Å²) < 4.78 is 0. The molecule has 0 saturated heterocycles. The van der Waals surface area contributed by atoms with Crippen LogP contribution in [0, 0.1) is 0 Å². The first-order chi connectivity index (χ1) is 6.66. The molecule has 0 aliphatic heterocycles. The van der Waals surface area contributed by atoms with Crippen LogP contribution in [-0.2, 0) is 9.59 Å². The first kappa shape index (κ1) is 13.0. The van der Waals surface area contributed by atoms with Gasteiger partial charge >= 0.3 is 0 Å². The molecule has 2 amide bonds. The average molecular weight is 216 g/mol. The Labute approximate surface area is 88.3 Å². The van der Waals surface area contributed by atoms with Crippen LogP contribution in [0.1, 0.15) is 12.8 Å². The summed E-state index contributed by atoms with van der Waals surface area (Å²) in [6.07, 6.45) is 2.96. The van der Waals surface area contributed by atoms with E-state index in [2.05, 4.69) is 11.9 Å². The Hall–Kier alpha value is -0.970. The number of thioether (sulfide) groups is 1. The lowest BCUT2D eigenvalue weighted by atomic mass is 10.4. The molecule has 0 rings (SSSR count). The highest BCUT2D eigenvalue weighted by molar-refractivity contribution is 7.99. The normalized spacial score (nSPS) is 9.43. The van der Waals surface area contributed by atoms with Gasteiger partial charge in [-0.3, -0.25) is 9.59 Å². The molecule has 0 bridgehead atoms. The molecular formula is C9H16N2O2S. The summed E-state index contributed by atoms with van der Waals surface area (Å²) in [7, 11) is 0. The van der Waals surface area contributed by atoms with E-state index in [1.54, 1.807) is 6.08 Å². The molecule has 80 valence electrons. The molecule has 4 nitrogen and oxygen atoms in total. The SMILES string of the molecule is C=CCCNC(=O)CCSCC(N)=O. The summed E-state index contributed by atoms with van der Waals surface area (Å²) in [4.78, 5) is 21.4. The fraction of sp³-hybridized carbons (Fsp3) is 0.556. The molecule has 0 saturated carbocycles. The van der Waals surface area contributed by atoms with Crippen LogP contribution in [0.4, 0.5) is 0 Å². The van der Waals surface area contributed by atoms with Crippen molar-refractivity contribution in [2.45, 2.75) is 12.8 Å². The van der Waals surface area contributed by atoms with E-state index in [4.69, 9.17) is 5.73 Å². The maximum Gasteiger partial charge on any atom is 0.227 e. The predicted molar refractivity (Wildman–Crippen MR) is 59.0 cm³/mol. The topological polar surface area (TPSA) is 72.2 Å². The Balaban J connectivity index is 3.26. The molecule has 0 aromatic carbocycles. The van der Waals surface area contributed by atoms with Crippen molar-refractivity contribution in [3.05, 3.63) is 12.7 Å². The van der Waals surface area contributed by atoms with Crippen LogP contribution < -0.4 is 11.1 Å². The van der Waals surface area contributed by atoms with E-state index in [0.717, 1.165) is 6.42 Å². The Morgan fingerprint density at radius 2 is 2.21 bits per heavy atom. The number of rotatable bonds is 8. The molecule has 0 heterocycles. The Kier molecular flexibility index (Phi) is 8.02. The van der Waals surface area contributed by atoms with E-state index in [-0.39, 0.29) is 17.6 Å². The fourth-order valence-corrected chi connectivity index (χ4v) is 1.41. The van der Waals surface area contributed by atoms with Crippen LogP contribution in [0.3, 0.4) is 0 Å². The summed E-state index contributed by atoms with van der Waals surface area (Å²) in [5.74, 6) is 0.564. The van der Waals surface area contributed by atoms with Crippen LogP contribution in [-0.4, -0.2) is 29.9 Å². The summed E-state index contributed by atoms with van der Waals surface area (Å²) in [5.41, 5.74) is 4.94. The Morgan fingerprint density at radius 3 is 2.79 bits per heavy atom. The average Bonchev–Trinajstić information content (AvgIpc) is 2.13. The van der Waals surface area contributed by atoms with Gasteiger partial charge in [0.1, 0.15) is 0 Å². The van der Waals surface area contributed by atoms with E-state index >= 15 is 0 Å². The number of nitrogens with one attached hydrogen (secondary N) is 1. The molecule has 0 atom stereocenters. The maximum atomic E-state index is 11.1. The third-order valence-corrected chi connectivity index (χ3v) is 2.37. The Morgan fingerprint density at radius 1 is 1.50 bits per heavy atom. The number of amides is 2. The van der Waals surface area contributed by atoms with E-state index in [9.17, 15) is 9.59 Å². The van der Waals surface area contributed by atoms with Crippen LogP contribution in [0.2, 0.25) is 0 Å². The minimum Gasteiger partial charge on any atom is -0.369 e. The lowest BCUT2D eigenvalue weighted by Crippen LogP contribution is -2.24. The van der Waals surface area contributed by atoms with Crippen LogP contribution >= 0.6 is 11.8 Å². The summed E-state index contributed by atoms with van der Waals surface area (Å²) in [6.45, 7) is 4.17. The van der Waals surface area contributed by atoms with Gasteiger partial charge in [-0.2, -0.15) is 11.8 Å². The minimum atomic E-state index is -0.345. The van der Waals surface area contributed by atoms with Gasteiger partial charge in [-0.25, -0.2) is 0 Å². The highest BCUT2D eigenvalue weighted by Gasteiger charge is 2.00. The largest absolute Gasteiger partial charge is 0.369 e. The summed E-state index contributed by atoms with van der Waals surface area (Å²) >= 11 is 1.37. The standard InChI is InChI=1S/C9H16N2O2S/c1-2-3-5-11-9(13)4-6-14-7-8(10)12/h2H,1,3-7H2,(H2,10,12)(H,11,13). The summed E-state index contributed by atoms with van der Waals surface area (Å²) in [5, 5.41) is 2.73. The van der Waals surface area contributed by atoms with Crippen molar-refractivity contribution in [2.75, 3.05) is 18.1 Å². The predicted octanol–water partition coefficient (Wildman–Crippen LogP) is 0.287. The second-order valence-electron chi connectivity index (χ2n) is 2.70. The van der Waals surface area contributed by atoms with E-state index in [1.807, 2.05) is 0 Å². The van der Waals surface area contributed by atoms with Gasteiger partial charge < -0.3 is 11.1 Å². The molecule has 3 N–H and O–H groups in total. The highest BCUT2D eigenvalue weighted by Crippen LogP contribution is 2.00. The molecule has 0 aromatic heterocycles. The molecule has 0 aliphatic carbocycles. The van der Waals surface area contributed by atoms with Crippen molar-refractivity contribution in [3.8, 4) is 0 Å². The molecular weight excluding hydrogens is 200 g/mol. The number of carbonyl (C=O) groups excluding carboxylic acids is 2. The van der Waals surface area contributed by atoms with Crippen molar-refractivity contribution >= 4 is 23.6 Å².